The van der Waals surface area contributed by atoms with Crippen molar-refractivity contribution in [1.82, 2.24) is 4.31 Å². The van der Waals surface area contributed by atoms with Crippen molar-refractivity contribution in [3.05, 3.63) is 29.8 Å². The van der Waals surface area contributed by atoms with Gasteiger partial charge in [-0.1, -0.05) is 37.8 Å². The van der Waals surface area contributed by atoms with Gasteiger partial charge in [0.05, 0.1) is 4.90 Å². The Balaban J connectivity index is 2.27. The molecule has 0 atom stereocenters. The zero-order valence-corrected chi connectivity index (χ0v) is 13.7. The summed E-state index contributed by atoms with van der Waals surface area (Å²) in [7, 11) is -1.96. The van der Waals surface area contributed by atoms with Crippen LogP contribution in [0.3, 0.4) is 0 Å². The summed E-state index contributed by atoms with van der Waals surface area (Å²) in [5, 5.41) is -0.649. The highest BCUT2D eigenvalue weighted by atomic mass is 35.5. The number of sulfonamides is 1. The van der Waals surface area contributed by atoms with E-state index in [0.29, 0.717) is 0 Å². The van der Waals surface area contributed by atoms with Gasteiger partial charge in [0.25, 0.3) is 5.24 Å². The van der Waals surface area contributed by atoms with E-state index in [1.807, 2.05) is 0 Å². The molecule has 0 aromatic heterocycles. The maximum Gasteiger partial charge on any atom is 0.252 e. The number of nitrogens with zero attached hydrogens (tertiary/aromatic N) is 1. The molecule has 0 radical (unpaired) electrons. The number of rotatable bonds is 4. The summed E-state index contributed by atoms with van der Waals surface area (Å²) in [6, 6.07) is 5.94. The number of halogens is 1. The molecule has 4 nitrogen and oxygen atoms in total. The van der Waals surface area contributed by atoms with Crippen LogP contribution in [0.5, 0.6) is 0 Å². The van der Waals surface area contributed by atoms with E-state index in [9.17, 15) is 13.2 Å². The minimum Gasteiger partial charge on any atom is -0.276 e. The normalized spacial score (nSPS) is 17.7. The Morgan fingerprint density at radius 2 is 1.81 bits per heavy atom. The lowest BCUT2D eigenvalue weighted by Crippen LogP contribution is -2.36. The van der Waals surface area contributed by atoms with Crippen molar-refractivity contribution in [3.63, 3.8) is 0 Å². The summed E-state index contributed by atoms with van der Waals surface area (Å²) in [5.41, 5.74) is 0.201. The molecule has 116 valence electrons. The first-order valence-corrected chi connectivity index (χ1v) is 9.02. The summed E-state index contributed by atoms with van der Waals surface area (Å²) in [6.45, 7) is 0. The van der Waals surface area contributed by atoms with E-state index in [1.165, 1.54) is 35.3 Å². The Morgan fingerprint density at radius 3 is 2.38 bits per heavy atom. The molecule has 1 fully saturated rings. The van der Waals surface area contributed by atoms with Gasteiger partial charge in [-0.15, -0.1) is 0 Å². The van der Waals surface area contributed by atoms with Crippen molar-refractivity contribution < 1.29 is 13.2 Å². The maximum atomic E-state index is 12.7. The molecule has 0 aliphatic heterocycles. The van der Waals surface area contributed by atoms with E-state index in [1.54, 1.807) is 13.1 Å². The Hall–Kier alpha value is -0.910. The lowest BCUT2D eigenvalue weighted by molar-refractivity contribution is 0.108. The summed E-state index contributed by atoms with van der Waals surface area (Å²) >= 11 is 5.43. The van der Waals surface area contributed by atoms with Gasteiger partial charge in [-0.25, -0.2) is 8.42 Å². The molecule has 0 spiro atoms. The third kappa shape index (κ3) is 3.84. The predicted octanol–water partition coefficient (Wildman–Crippen LogP) is 3.41. The summed E-state index contributed by atoms with van der Waals surface area (Å²) in [5.74, 6) is 0. The van der Waals surface area contributed by atoms with Gasteiger partial charge in [-0.2, -0.15) is 4.31 Å². The van der Waals surface area contributed by atoms with Gasteiger partial charge in [-0.05, 0) is 36.6 Å². The first kappa shape index (κ1) is 16.5. The molecule has 1 aliphatic carbocycles. The van der Waals surface area contributed by atoms with Crippen molar-refractivity contribution in [2.24, 2.45) is 0 Å². The smallest absolute Gasteiger partial charge is 0.252 e. The van der Waals surface area contributed by atoms with Crippen molar-refractivity contribution in [2.75, 3.05) is 7.05 Å². The van der Waals surface area contributed by atoms with Crippen LogP contribution in [0.1, 0.15) is 48.9 Å². The van der Waals surface area contributed by atoms with Crippen molar-refractivity contribution in [3.8, 4) is 0 Å². The largest absolute Gasteiger partial charge is 0.276 e. The molecule has 0 bridgehead atoms. The van der Waals surface area contributed by atoms with Crippen LogP contribution in [0.25, 0.3) is 0 Å². The Bertz CT molecular complexity index is 607. The molecule has 0 saturated heterocycles. The van der Waals surface area contributed by atoms with Crippen molar-refractivity contribution in [2.45, 2.75) is 49.5 Å². The lowest BCUT2D eigenvalue weighted by atomic mass is 10.1. The number of hydrogen-bond acceptors (Lipinski definition) is 3. The molecular formula is C15H20ClNO3S. The van der Waals surface area contributed by atoms with E-state index >= 15 is 0 Å². The lowest BCUT2D eigenvalue weighted by Gasteiger charge is -2.26. The van der Waals surface area contributed by atoms with E-state index in [2.05, 4.69) is 0 Å². The van der Waals surface area contributed by atoms with E-state index in [0.717, 1.165) is 25.7 Å². The van der Waals surface area contributed by atoms with E-state index in [4.69, 9.17) is 11.6 Å². The average Bonchev–Trinajstić information content (AvgIpc) is 2.75. The zero-order chi connectivity index (χ0) is 15.5. The molecule has 1 aliphatic rings. The van der Waals surface area contributed by atoms with Crippen LogP contribution in [0.15, 0.2) is 29.2 Å². The molecule has 21 heavy (non-hydrogen) atoms. The molecule has 1 aromatic carbocycles. The quantitative estimate of drug-likeness (QED) is 0.628. The Kier molecular flexibility index (Phi) is 5.41. The Morgan fingerprint density at radius 1 is 1.19 bits per heavy atom. The topological polar surface area (TPSA) is 54.5 Å². The summed E-state index contributed by atoms with van der Waals surface area (Å²) < 4.78 is 26.8. The predicted molar refractivity (Wildman–Crippen MR) is 83.1 cm³/mol. The fraction of sp³-hybridized carbons (Fsp3) is 0.533. The molecule has 2 rings (SSSR count). The van der Waals surface area contributed by atoms with Gasteiger partial charge in [0.1, 0.15) is 0 Å². The molecule has 1 aromatic rings. The molecule has 0 unspecified atom stereocenters. The highest BCUT2D eigenvalue weighted by molar-refractivity contribution is 7.89. The number of hydrogen-bond donors (Lipinski definition) is 0. The average molecular weight is 330 g/mol. The van der Waals surface area contributed by atoms with Gasteiger partial charge in [0.2, 0.25) is 10.0 Å². The summed E-state index contributed by atoms with van der Waals surface area (Å²) in [4.78, 5) is 11.3. The first-order valence-electron chi connectivity index (χ1n) is 7.21. The van der Waals surface area contributed by atoms with Crippen molar-refractivity contribution in [1.29, 1.82) is 0 Å². The van der Waals surface area contributed by atoms with Crippen LogP contribution in [-0.4, -0.2) is 31.1 Å². The molecule has 0 N–H and O–H groups in total. The van der Waals surface area contributed by atoms with Gasteiger partial charge in [-0.3, -0.25) is 4.79 Å². The van der Waals surface area contributed by atoms with Crippen LogP contribution < -0.4 is 0 Å². The monoisotopic (exact) mass is 329 g/mol. The van der Waals surface area contributed by atoms with E-state index < -0.39 is 15.3 Å². The SMILES string of the molecule is CN(C1CCCCCC1)S(=O)(=O)c1cccc(C(=O)Cl)c1. The van der Waals surface area contributed by atoms with Crippen molar-refractivity contribution >= 4 is 26.9 Å². The van der Waals surface area contributed by atoms with Gasteiger partial charge >= 0.3 is 0 Å². The molecule has 0 heterocycles. The van der Waals surface area contributed by atoms with Crippen LogP contribution in [0.2, 0.25) is 0 Å². The summed E-state index contributed by atoms with van der Waals surface area (Å²) in [6.07, 6.45) is 6.24. The third-order valence-electron chi connectivity index (χ3n) is 4.08. The Labute approximate surface area is 131 Å². The highest BCUT2D eigenvalue weighted by Gasteiger charge is 2.28. The molecule has 6 heteroatoms. The van der Waals surface area contributed by atoms with Crippen LogP contribution in [0, 0.1) is 0 Å². The maximum absolute atomic E-state index is 12.7. The second-order valence-electron chi connectivity index (χ2n) is 5.47. The van der Waals surface area contributed by atoms with Crippen LogP contribution >= 0.6 is 11.6 Å². The van der Waals surface area contributed by atoms with Crippen LogP contribution in [-0.2, 0) is 10.0 Å². The highest BCUT2D eigenvalue weighted by Crippen LogP contribution is 2.26. The second kappa shape index (κ2) is 6.90. The minimum absolute atomic E-state index is 0.0351. The van der Waals surface area contributed by atoms with Crippen LogP contribution in [0.4, 0.5) is 0 Å². The molecule has 0 amide bonds. The molecule has 1 saturated carbocycles. The van der Waals surface area contributed by atoms with Gasteiger partial charge in [0, 0.05) is 18.7 Å². The molecular weight excluding hydrogens is 310 g/mol. The first-order chi connectivity index (χ1) is 9.93. The number of carbonyl (C=O) groups excluding carboxylic acids is 1. The number of carbonyl (C=O) groups is 1. The fourth-order valence-electron chi connectivity index (χ4n) is 2.76. The fourth-order valence-corrected chi connectivity index (χ4v) is 4.34. The minimum atomic E-state index is -3.59. The van der Waals surface area contributed by atoms with Gasteiger partial charge in [0.15, 0.2) is 0 Å². The standard InChI is InChI=1S/C15H20ClNO3S/c1-17(13-8-4-2-3-5-9-13)21(19,20)14-10-6-7-12(11-14)15(16)18/h6-7,10-11,13H,2-5,8-9H2,1H3. The van der Waals surface area contributed by atoms with Gasteiger partial charge < -0.3 is 0 Å². The zero-order valence-electron chi connectivity index (χ0n) is 12.1. The van der Waals surface area contributed by atoms with E-state index in [-0.39, 0.29) is 16.5 Å². The third-order valence-corrected chi connectivity index (χ3v) is 6.20. The second-order valence-corrected chi connectivity index (χ2v) is 7.81. The number of benzene rings is 1.